The molecule has 3 aromatic rings. The van der Waals surface area contributed by atoms with Crippen molar-refractivity contribution in [2.75, 3.05) is 23.3 Å². The van der Waals surface area contributed by atoms with Crippen LogP contribution in [0.4, 0.5) is 11.4 Å². The number of benzene rings is 2. The Bertz CT molecular complexity index is 947. The lowest BCUT2D eigenvalue weighted by Crippen LogP contribution is -2.22. The van der Waals surface area contributed by atoms with Crippen LogP contribution >= 0.6 is 0 Å². The Morgan fingerprint density at radius 3 is 2.48 bits per heavy atom. The molecule has 0 saturated carbocycles. The highest BCUT2D eigenvalue weighted by Gasteiger charge is 2.15. The van der Waals surface area contributed by atoms with E-state index in [9.17, 15) is 0 Å². The van der Waals surface area contributed by atoms with E-state index >= 15 is 0 Å². The first-order valence-electron chi connectivity index (χ1n) is 9.83. The molecular formula is C24H31N3. The zero-order valence-corrected chi connectivity index (χ0v) is 17.2. The summed E-state index contributed by atoms with van der Waals surface area (Å²) < 4.78 is 2.31. The molecule has 1 unspecified atom stereocenters. The van der Waals surface area contributed by atoms with Crippen LogP contribution in [0.3, 0.4) is 0 Å². The topological polar surface area (TPSA) is 20.2 Å². The first-order valence-corrected chi connectivity index (χ1v) is 9.83. The normalized spacial score (nSPS) is 12.2. The smallest absolute Gasteiger partial charge is 0.0701 e. The average molecular weight is 362 g/mol. The van der Waals surface area contributed by atoms with Crippen LogP contribution in [0.2, 0.25) is 0 Å². The van der Waals surface area contributed by atoms with E-state index in [0.29, 0.717) is 0 Å². The number of hydrogen-bond acceptors (Lipinski definition) is 2. The summed E-state index contributed by atoms with van der Waals surface area (Å²) in [6, 6.07) is 15.3. The minimum atomic E-state index is 0.153. The number of aryl methyl sites for hydroxylation is 2. The van der Waals surface area contributed by atoms with Gasteiger partial charge in [-0.25, -0.2) is 0 Å². The SMILES string of the molecule is C=C(Nc1cc(N(CC)CC)ccc1C)C(C)n1cc(C)c2ccccc21. The van der Waals surface area contributed by atoms with Crippen LogP contribution in [0.25, 0.3) is 10.9 Å². The lowest BCUT2D eigenvalue weighted by atomic mass is 10.1. The summed E-state index contributed by atoms with van der Waals surface area (Å²) in [5.41, 5.74) is 7.15. The number of nitrogens with one attached hydrogen (secondary N) is 1. The van der Waals surface area contributed by atoms with Crippen molar-refractivity contribution in [2.45, 2.75) is 40.7 Å². The third kappa shape index (κ3) is 3.73. The number of hydrogen-bond donors (Lipinski definition) is 1. The molecule has 0 aliphatic heterocycles. The van der Waals surface area contributed by atoms with Crippen molar-refractivity contribution in [2.24, 2.45) is 0 Å². The molecule has 3 heteroatoms. The molecule has 0 aliphatic rings. The Morgan fingerprint density at radius 2 is 1.78 bits per heavy atom. The maximum Gasteiger partial charge on any atom is 0.0701 e. The summed E-state index contributed by atoms with van der Waals surface area (Å²) in [4.78, 5) is 2.36. The minimum absolute atomic E-state index is 0.153. The summed E-state index contributed by atoms with van der Waals surface area (Å²) in [6.07, 6.45) is 2.22. The monoisotopic (exact) mass is 361 g/mol. The Labute approximate surface area is 163 Å². The van der Waals surface area contributed by atoms with E-state index in [-0.39, 0.29) is 6.04 Å². The molecule has 2 aromatic carbocycles. The molecule has 3 nitrogen and oxygen atoms in total. The average Bonchev–Trinajstić information content (AvgIpc) is 3.01. The van der Waals surface area contributed by atoms with Gasteiger partial charge in [-0.15, -0.1) is 0 Å². The van der Waals surface area contributed by atoms with E-state index in [1.807, 2.05) is 0 Å². The van der Waals surface area contributed by atoms with E-state index in [1.54, 1.807) is 0 Å². The van der Waals surface area contributed by atoms with E-state index in [1.165, 1.54) is 27.7 Å². The van der Waals surface area contributed by atoms with Gasteiger partial charge in [0.2, 0.25) is 0 Å². The molecule has 27 heavy (non-hydrogen) atoms. The second-order valence-electron chi connectivity index (χ2n) is 7.23. The van der Waals surface area contributed by atoms with Gasteiger partial charge in [0.05, 0.1) is 6.04 Å². The van der Waals surface area contributed by atoms with Crippen LogP contribution in [0.5, 0.6) is 0 Å². The maximum absolute atomic E-state index is 4.35. The molecule has 1 heterocycles. The number of allylic oxidation sites excluding steroid dienone is 1. The predicted molar refractivity (Wildman–Crippen MR) is 119 cm³/mol. The van der Waals surface area contributed by atoms with Gasteiger partial charge < -0.3 is 14.8 Å². The third-order valence-corrected chi connectivity index (χ3v) is 5.51. The first-order chi connectivity index (χ1) is 13.0. The lowest BCUT2D eigenvalue weighted by molar-refractivity contribution is 0.654. The molecule has 1 atom stereocenters. The van der Waals surface area contributed by atoms with Crippen molar-refractivity contribution < 1.29 is 0 Å². The highest BCUT2D eigenvalue weighted by atomic mass is 15.1. The van der Waals surface area contributed by atoms with Gasteiger partial charge in [-0.2, -0.15) is 0 Å². The molecule has 1 N–H and O–H groups in total. The van der Waals surface area contributed by atoms with Gasteiger partial charge in [-0.3, -0.25) is 0 Å². The van der Waals surface area contributed by atoms with Crippen molar-refractivity contribution in [3.63, 3.8) is 0 Å². The van der Waals surface area contributed by atoms with Crippen LogP contribution < -0.4 is 10.2 Å². The second-order valence-corrected chi connectivity index (χ2v) is 7.23. The molecule has 0 saturated heterocycles. The van der Waals surface area contributed by atoms with Gasteiger partial charge in [0.25, 0.3) is 0 Å². The van der Waals surface area contributed by atoms with E-state index in [0.717, 1.165) is 24.5 Å². The molecule has 142 valence electrons. The van der Waals surface area contributed by atoms with Gasteiger partial charge in [0.1, 0.15) is 0 Å². The van der Waals surface area contributed by atoms with Crippen LogP contribution in [-0.4, -0.2) is 17.7 Å². The Hall–Kier alpha value is -2.68. The quantitative estimate of drug-likeness (QED) is 0.533. The molecule has 0 bridgehead atoms. The van der Waals surface area contributed by atoms with Crippen LogP contribution in [0.1, 0.15) is 37.9 Å². The predicted octanol–water partition coefficient (Wildman–Crippen LogP) is 6.29. The number of anilines is 2. The second kappa shape index (κ2) is 7.91. The highest BCUT2D eigenvalue weighted by molar-refractivity contribution is 5.84. The Balaban J connectivity index is 1.87. The fourth-order valence-electron chi connectivity index (χ4n) is 3.68. The summed E-state index contributed by atoms with van der Waals surface area (Å²) in [5.74, 6) is 0. The van der Waals surface area contributed by atoms with E-state index < -0.39 is 0 Å². The molecule has 0 aliphatic carbocycles. The Morgan fingerprint density at radius 1 is 1.07 bits per heavy atom. The van der Waals surface area contributed by atoms with Crippen molar-refractivity contribution in [3.8, 4) is 0 Å². The number of nitrogens with zero attached hydrogens (tertiary/aromatic N) is 2. The van der Waals surface area contributed by atoms with Crippen molar-refractivity contribution in [1.82, 2.24) is 4.57 Å². The summed E-state index contributed by atoms with van der Waals surface area (Å²) >= 11 is 0. The van der Waals surface area contributed by atoms with Gasteiger partial charge in [-0.05, 0) is 63.9 Å². The molecule has 0 fully saturated rings. The number of rotatable bonds is 7. The van der Waals surface area contributed by atoms with Crippen LogP contribution in [0, 0.1) is 13.8 Å². The number of fused-ring (bicyclic) bond motifs is 1. The Kier molecular flexibility index (Phi) is 5.59. The molecule has 3 rings (SSSR count). The molecule has 0 amide bonds. The van der Waals surface area contributed by atoms with Crippen LogP contribution in [0.15, 0.2) is 60.9 Å². The van der Waals surface area contributed by atoms with Crippen molar-refractivity contribution in [1.29, 1.82) is 0 Å². The zero-order chi connectivity index (χ0) is 19.6. The molecular weight excluding hydrogens is 330 g/mol. The first kappa shape index (κ1) is 19.1. The molecule has 0 spiro atoms. The molecule has 0 radical (unpaired) electrons. The van der Waals surface area contributed by atoms with Gasteiger partial charge in [-0.1, -0.05) is 30.8 Å². The van der Waals surface area contributed by atoms with E-state index in [4.69, 9.17) is 0 Å². The minimum Gasteiger partial charge on any atom is -0.372 e. The van der Waals surface area contributed by atoms with Crippen LogP contribution in [-0.2, 0) is 0 Å². The standard InChI is InChI=1S/C24H31N3/c1-7-26(8-2)21-14-13-17(3)23(15-21)25-19(5)20(6)27-16-18(4)22-11-9-10-12-24(22)27/h9-16,20,25H,5,7-8H2,1-4,6H3. The van der Waals surface area contributed by atoms with Gasteiger partial charge in [0, 0.05) is 47.3 Å². The summed E-state index contributed by atoms with van der Waals surface area (Å²) in [7, 11) is 0. The fraction of sp³-hybridized carbons (Fsp3) is 0.333. The lowest BCUT2D eigenvalue weighted by Gasteiger charge is -2.24. The molecule has 1 aromatic heterocycles. The van der Waals surface area contributed by atoms with Gasteiger partial charge >= 0.3 is 0 Å². The van der Waals surface area contributed by atoms with E-state index in [2.05, 4.69) is 105 Å². The summed E-state index contributed by atoms with van der Waals surface area (Å²) in [6.45, 7) is 17.3. The number of para-hydroxylation sites is 1. The zero-order valence-electron chi connectivity index (χ0n) is 17.2. The highest BCUT2D eigenvalue weighted by Crippen LogP contribution is 2.30. The van der Waals surface area contributed by atoms with Crippen molar-refractivity contribution >= 4 is 22.3 Å². The third-order valence-electron chi connectivity index (χ3n) is 5.51. The van der Waals surface area contributed by atoms with Crippen molar-refractivity contribution in [3.05, 3.63) is 72.1 Å². The largest absolute Gasteiger partial charge is 0.372 e. The number of aromatic nitrogens is 1. The maximum atomic E-state index is 4.35. The summed E-state index contributed by atoms with van der Waals surface area (Å²) in [5, 5.41) is 4.89. The fourth-order valence-corrected chi connectivity index (χ4v) is 3.68. The van der Waals surface area contributed by atoms with Gasteiger partial charge in [0.15, 0.2) is 0 Å².